The molecule has 0 aliphatic heterocycles. The van der Waals surface area contributed by atoms with Crippen molar-refractivity contribution in [3.05, 3.63) is 0 Å². The molecule has 60 valence electrons. The van der Waals surface area contributed by atoms with Crippen molar-refractivity contribution in [1.82, 2.24) is 3.11 Å². The molecule has 1 atom stereocenters. The second-order valence-electron chi connectivity index (χ2n) is 4.09. The van der Waals surface area contributed by atoms with E-state index in [2.05, 4.69) is 46.9 Å². The summed E-state index contributed by atoms with van der Waals surface area (Å²) in [5.74, 6) is 0. The summed E-state index contributed by atoms with van der Waals surface area (Å²) in [7, 11) is 2.17. The van der Waals surface area contributed by atoms with Crippen LogP contribution in [-0.4, -0.2) is 16.2 Å². The van der Waals surface area contributed by atoms with Crippen molar-refractivity contribution in [1.29, 1.82) is 0 Å². The molecular weight excluding hydrogens is 237 g/mol. The molecule has 0 amide bonds. The number of hydrogen-bond acceptors (Lipinski definition) is 1. The van der Waals surface area contributed by atoms with E-state index in [0.717, 1.165) is 6.04 Å². The first kappa shape index (κ1) is 8.78. The summed E-state index contributed by atoms with van der Waals surface area (Å²) < 4.78 is 2.33. The zero-order valence-electron chi connectivity index (χ0n) is 7.02. The van der Waals surface area contributed by atoms with Gasteiger partial charge in [0.15, 0.2) is 0 Å². The van der Waals surface area contributed by atoms with E-state index in [1.807, 2.05) is 0 Å². The third kappa shape index (κ3) is 2.09. The van der Waals surface area contributed by atoms with Gasteiger partial charge in [0.2, 0.25) is 0 Å². The first-order chi connectivity index (χ1) is 4.51. The van der Waals surface area contributed by atoms with Gasteiger partial charge in [-0.2, -0.15) is 0 Å². The van der Waals surface area contributed by atoms with Crippen LogP contribution in [0.15, 0.2) is 0 Å². The fourth-order valence-corrected chi connectivity index (χ4v) is 2.18. The molecule has 0 N–H and O–H groups in total. The van der Waals surface area contributed by atoms with Gasteiger partial charge in [-0.3, -0.25) is 0 Å². The fraction of sp³-hybridized carbons (Fsp3) is 1.00. The first-order valence-electron chi connectivity index (χ1n) is 3.90. The fourth-order valence-electron chi connectivity index (χ4n) is 1.70. The van der Waals surface area contributed by atoms with Gasteiger partial charge in [0, 0.05) is 28.9 Å². The molecule has 0 aromatic heterocycles. The van der Waals surface area contributed by atoms with Crippen LogP contribution in [0.1, 0.15) is 33.1 Å². The van der Waals surface area contributed by atoms with Crippen LogP contribution >= 0.6 is 22.9 Å². The zero-order valence-corrected chi connectivity index (χ0v) is 9.18. The van der Waals surface area contributed by atoms with Crippen molar-refractivity contribution in [3.8, 4) is 0 Å². The Hall–Kier alpha value is 0.690. The Kier molecular flexibility index (Phi) is 2.61. The molecule has 0 aromatic rings. The molecule has 1 aliphatic carbocycles. The van der Waals surface area contributed by atoms with E-state index in [1.54, 1.807) is 0 Å². The minimum absolute atomic E-state index is 0.601. The molecular formula is C8H16IN. The molecule has 1 aliphatic rings. The Morgan fingerprint density at radius 2 is 2.10 bits per heavy atom. The highest BCUT2D eigenvalue weighted by atomic mass is 127. The zero-order chi connectivity index (χ0) is 7.78. The Bertz CT molecular complexity index is 120. The Labute approximate surface area is 77.7 Å². The molecule has 0 radical (unpaired) electrons. The molecule has 1 rings (SSSR count). The summed E-state index contributed by atoms with van der Waals surface area (Å²) in [4.78, 5) is 0. The number of rotatable bonds is 1. The number of nitrogens with zero attached hydrogens (tertiary/aromatic N) is 1. The monoisotopic (exact) mass is 253 g/mol. The highest BCUT2D eigenvalue weighted by Crippen LogP contribution is 2.39. The quantitative estimate of drug-likeness (QED) is 0.513. The lowest BCUT2D eigenvalue weighted by atomic mass is 9.92. The van der Waals surface area contributed by atoms with Gasteiger partial charge in [0.25, 0.3) is 0 Å². The van der Waals surface area contributed by atoms with Crippen LogP contribution in [0, 0.1) is 5.41 Å². The van der Waals surface area contributed by atoms with Gasteiger partial charge in [-0.15, -0.1) is 0 Å². The summed E-state index contributed by atoms with van der Waals surface area (Å²) in [6.45, 7) is 4.74. The minimum atomic E-state index is 0.601. The van der Waals surface area contributed by atoms with Crippen LogP contribution in [0.2, 0.25) is 0 Å². The first-order valence-corrected chi connectivity index (χ1v) is 4.86. The van der Waals surface area contributed by atoms with Gasteiger partial charge in [-0.05, 0) is 31.7 Å². The van der Waals surface area contributed by atoms with Crippen molar-refractivity contribution >= 4 is 22.9 Å². The molecule has 0 saturated heterocycles. The maximum atomic E-state index is 2.39. The molecule has 2 heteroatoms. The largest absolute Gasteiger partial charge is 0.248 e. The van der Waals surface area contributed by atoms with Crippen molar-refractivity contribution in [2.75, 3.05) is 7.05 Å². The van der Waals surface area contributed by atoms with Gasteiger partial charge >= 0.3 is 0 Å². The molecule has 0 bridgehead atoms. The van der Waals surface area contributed by atoms with Crippen LogP contribution in [0.3, 0.4) is 0 Å². The average Bonchev–Trinajstić information content (AvgIpc) is 2.10. The van der Waals surface area contributed by atoms with E-state index in [1.165, 1.54) is 19.3 Å². The summed E-state index contributed by atoms with van der Waals surface area (Å²) in [5.41, 5.74) is 0.601. The third-order valence-electron chi connectivity index (χ3n) is 2.45. The second kappa shape index (κ2) is 2.97. The van der Waals surface area contributed by atoms with Crippen molar-refractivity contribution < 1.29 is 0 Å². The molecule has 1 fully saturated rings. The Balaban J connectivity index is 2.43. The van der Waals surface area contributed by atoms with Crippen LogP contribution in [0.5, 0.6) is 0 Å². The third-order valence-corrected chi connectivity index (χ3v) is 3.23. The number of halogens is 1. The highest BCUT2D eigenvalue weighted by Gasteiger charge is 2.32. The Morgan fingerprint density at radius 1 is 1.50 bits per heavy atom. The summed E-state index contributed by atoms with van der Waals surface area (Å²) in [5, 5.41) is 0. The van der Waals surface area contributed by atoms with Gasteiger partial charge in [-0.1, -0.05) is 13.8 Å². The van der Waals surface area contributed by atoms with Crippen molar-refractivity contribution in [3.63, 3.8) is 0 Å². The standard InChI is InChI=1S/C8H16IN/c1-8(2)5-4-7(6-8)10(3)9/h7H,4-6H2,1-3H3. The van der Waals surface area contributed by atoms with Gasteiger partial charge in [0.05, 0.1) is 0 Å². The second-order valence-corrected chi connectivity index (χ2v) is 5.61. The topological polar surface area (TPSA) is 3.24 Å². The van der Waals surface area contributed by atoms with Crippen LogP contribution < -0.4 is 0 Å². The normalized spacial score (nSPS) is 31.5. The van der Waals surface area contributed by atoms with Crippen LogP contribution in [0.4, 0.5) is 0 Å². The van der Waals surface area contributed by atoms with E-state index in [0.29, 0.717) is 5.41 Å². The van der Waals surface area contributed by atoms with Crippen molar-refractivity contribution in [2.24, 2.45) is 5.41 Å². The minimum Gasteiger partial charge on any atom is -0.248 e. The average molecular weight is 253 g/mol. The molecule has 1 saturated carbocycles. The molecule has 0 heterocycles. The smallest absolute Gasteiger partial charge is 0.0201 e. The molecule has 1 nitrogen and oxygen atoms in total. The Morgan fingerprint density at radius 3 is 2.30 bits per heavy atom. The van der Waals surface area contributed by atoms with E-state index in [4.69, 9.17) is 0 Å². The molecule has 10 heavy (non-hydrogen) atoms. The molecule has 0 spiro atoms. The van der Waals surface area contributed by atoms with E-state index in [9.17, 15) is 0 Å². The van der Waals surface area contributed by atoms with E-state index in [-0.39, 0.29) is 0 Å². The van der Waals surface area contributed by atoms with Crippen LogP contribution in [-0.2, 0) is 0 Å². The number of hydrogen-bond donors (Lipinski definition) is 0. The summed E-state index contributed by atoms with van der Waals surface area (Å²) in [6.07, 6.45) is 4.14. The maximum Gasteiger partial charge on any atom is 0.0201 e. The predicted octanol–water partition coefficient (Wildman–Crippen LogP) is 2.85. The van der Waals surface area contributed by atoms with E-state index < -0.39 is 0 Å². The lowest BCUT2D eigenvalue weighted by Gasteiger charge is -2.20. The predicted molar refractivity (Wildman–Crippen MR) is 53.2 cm³/mol. The molecule has 1 unspecified atom stereocenters. The highest BCUT2D eigenvalue weighted by molar-refractivity contribution is 14.1. The molecule has 0 aromatic carbocycles. The SMILES string of the molecule is CN(I)C1CCC(C)(C)C1. The summed E-state index contributed by atoms with van der Waals surface area (Å²) >= 11 is 2.39. The lowest BCUT2D eigenvalue weighted by molar-refractivity contribution is 0.347. The van der Waals surface area contributed by atoms with E-state index >= 15 is 0 Å². The summed E-state index contributed by atoms with van der Waals surface area (Å²) in [6, 6.07) is 0.829. The lowest BCUT2D eigenvalue weighted by Crippen LogP contribution is -2.20. The van der Waals surface area contributed by atoms with Gasteiger partial charge < -0.3 is 0 Å². The van der Waals surface area contributed by atoms with Crippen molar-refractivity contribution in [2.45, 2.75) is 39.2 Å². The van der Waals surface area contributed by atoms with Gasteiger partial charge in [-0.25, -0.2) is 3.11 Å². The van der Waals surface area contributed by atoms with Gasteiger partial charge in [0.1, 0.15) is 0 Å². The van der Waals surface area contributed by atoms with Crippen LogP contribution in [0.25, 0.3) is 0 Å². The maximum absolute atomic E-state index is 2.39.